The number of phenolic OH excluding ortho intramolecular Hbond substituents is 1. The van der Waals surface area contributed by atoms with Gasteiger partial charge < -0.3 is 5.11 Å². The lowest BCUT2D eigenvalue weighted by Gasteiger charge is -2.25. The molecule has 1 aromatic rings. The van der Waals surface area contributed by atoms with E-state index in [1.165, 1.54) is 25.3 Å². The minimum Gasteiger partial charge on any atom is -0.505 e. The molecule has 2 fully saturated rings. The lowest BCUT2D eigenvalue weighted by Crippen LogP contribution is -2.36. The number of phenols is 1. The average molecular weight is 264 g/mol. The molecule has 0 spiro atoms. The van der Waals surface area contributed by atoms with Crippen molar-refractivity contribution in [3.8, 4) is 5.75 Å². The fraction of sp³-hybridized carbons (Fsp3) is 0.600. The van der Waals surface area contributed by atoms with Crippen molar-refractivity contribution in [2.45, 2.75) is 37.9 Å². The highest BCUT2D eigenvalue weighted by atomic mass is 19.1. The van der Waals surface area contributed by atoms with Crippen LogP contribution in [-0.4, -0.2) is 47.1 Å². The topological polar surface area (TPSA) is 26.7 Å². The average Bonchev–Trinajstić information content (AvgIpc) is 2.63. The van der Waals surface area contributed by atoms with Crippen LogP contribution in [-0.2, 0) is 6.54 Å². The smallest absolute Gasteiger partial charge is 0.165 e. The monoisotopic (exact) mass is 264 g/mol. The zero-order valence-corrected chi connectivity index (χ0v) is 11.3. The minimum atomic E-state index is -0.522. The molecule has 2 aliphatic heterocycles. The van der Waals surface area contributed by atoms with E-state index in [0.717, 1.165) is 13.1 Å². The number of nitrogens with zero attached hydrogens (tertiary/aromatic N) is 2. The predicted molar refractivity (Wildman–Crippen MR) is 72.5 cm³/mol. The van der Waals surface area contributed by atoms with E-state index >= 15 is 0 Å². The Labute approximate surface area is 113 Å². The fourth-order valence-electron chi connectivity index (χ4n) is 3.45. The third-order valence-electron chi connectivity index (χ3n) is 4.70. The molecule has 2 unspecified atom stereocenters. The number of halogens is 1. The molecular formula is C15H21FN2O. The van der Waals surface area contributed by atoms with Crippen molar-refractivity contribution in [2.24, 2.45) is 0 Å². The summed E-state index contributed by atoms with van der Waals surface area (Å²) in [6, 6.07) is 6.10. The molecule has 2 atom stereocenters. The second-order valence-corrected chi connectivity index (χ2v) is 5.82. The highest BCUT2D eigenvalue weighted by Crippen LogP contribution is 2.30. The lowest BCUT2D eigenvalue weighted by atomic mass is 10.1. The summed E-state index contributed by atoms with van der Waals surface area (Å²) in [5.41, 5.74) is 0.695. The molecule has 3 rings (SSSR count). The first-order chi connectivity index (χ1) is 9.15. The molecule has 2 saturated heterocycles. The van der Waals surface area contributed by atoms with Crippen LogP contribution in [0.1, 0.15) is 24.8 Å². The van der Waals surface area contributed by atoms with Gasteiger partial charge in [-0.05, 0) is 32.4 Å². The van der Waals surface area contributed by atoms with Crippen LogP contribution in [0, 0.1) is 5.82 Å². The molecule has 2 bridgehead atoms. The Kier molecular flexibility index (Phi) is 3.46. The molecule has 1 N–H and O–H groups in total. The highest BCUT2D eigenvalue weighted by Gasteiger charge is 2.34. The highest BCUT2D eigenvalue weighted by molar-refractivity contribution is 5.33. The van der Waals surface area contributed by atoms with E-state index in [2.05, 4.69) is 16.8 Å². The Hall–Kier alpha value is -1.13. The number of likely N-dealkylation sites (tertiary alicyclic amines) is 1. The molecule has 0 radical (unpaired) electrons. The van der Waals surface area contributed by atoms with Gasteiger partial charge in [-0.2, -0.15) is 0 Å². The van der Waals surface area contributed by atoms with Crippen molar-refractivity contribution in [3.63, 3.8) is 0 Å². The van der Waals surface area contributed by atoms with E-state index < -0.39 is 5.82 Å². The van der Waals surface area contributed by atoms with E-state index in [1.807, 2.05) is 6.07 Å². The Morgan fingerprint density at radius 3 is 2.89 bits per heavy atom. The van der Waals surface area contributed by atoms with Crippen molar-refractivity contribution in [3.05, 3.63) is 29.6 Å². The maximum atomic E-state index is 13.3. The number of rotatable bonds is 2. The molecule has 19 heavy (non-hydrogen) atoms. The van der Waals surface area contributed by atoms with Gasteiger partial charge in [0.1, 0.15) is 0 Å². The van der Waals surface area contributed by atoms with Crippen molar-refractivity contribution >= 4 is 0 Å². The van der Waals surface area contributed by atoms with Gasteiger partial charge in [0.25, 0.3) is 0 Å². The van der Waals surface area contributed by atoms with Gasteiger partial charge in [-0.1, -0.05) is 12.1 Å². The summed E-state index contributed by atoms with van der Waals surface area (Å²) in [5, 5.41) is 9.77. The van der Waals surface area contributed by atoms with Crippen LogP contribution in [0.15, 0.2) is 18.2 Å². The summed E-state index contributed by atoms with van der Waals surface area (Å²) in [5.74, 6) is -0.712. The van der Waals surface area contributed by atoms with Crippen LogP contribution in [0.4, 0.5) is 4.39 Å². The largest absolute Gasteiger partial charge is 0.505 e. The molecule has 0 saturated carbocycles. The summed E-state index contributed by atoms with van der Waals surface area (Å²) >= 11 is 0. The van der Waals surface area contributed by atoms with Gasteiger partial charge in [0, 0.05) is 37.3 Å². The van der Waals surface area contributed by atoms with Gasteiger partial charge in [0.05, 0.1) is 0 Å². The third-order valence-corrected chi connectivity index (χ3v) is 4.70. The number of fused-ring (bicyclic) bond motifs is 2. The standard InChI is InChI=1S/C15H21FN2O/c1-17-12-5-6-13(17)10-18(8-7-12)9-11-3-2-4-14(16)15(11)19/h2-4,12-13,19H,5-10H2,1H3. The number of likely N-dealkylation sites (N-methyl/N-ethyl adjacent to an activating group) is 1. The Morgan fingerprint density at radius 1 is 1.26 bits per heavy atom. The van der Waals surface area contributed by atoms with E-state index in [4.69, 9.17) is 0 Å². The first-order valence-corrected chi connectivity index (χ1v) is 7.06. The van der Waals surface area contributed by atoms with Crippen molar-refractivity contribution in [1.29, 1.82) is 0 Å². The summed E-state index contributed by atoms with van der Waals surface area (Å²) in [7, 11) is 2.21. The second kappa shape index (κ2) is 5.10. The Morgan fingerprint density at radius 2 is 2.05 bits per heavy atom. The van der Waals surface area contributed by atoms with Crippen LogP contribution < -0.4 is 0 Å². The predicted octanol–water partition coefficient (Wildman–Crippen LogP) is 2.20. The first-order valence-electron chi connectivity index (χ1n) is 7.06. The number of aromatic hydroxyl groups is 1. The van der Waals surface area contributed by atoms with Crippen LogP contribution in [0.2, 0.25) is 0 Å². The van der Waals surface area contributed by atoms with Crippen molar-refractivity contribution in [1.82, 2.24) is 9.80 Å². The molecule has 0 amide bonds. The number of hydrogen-bond acceptors (Lipinski definition) is 3. The maximum absolute atomic E-state index is 13.3. The molecular weight excluding hydrogens is 243 g/mol. The van der Waals surface area contributed by atoms with Gasteiger partial charge in [-0.25, -0.2) is 4.39 Å². The fourth-order valence-corrected chi connectivity index (χ4v) is 3.45. The molecule has 3 nitrogen and oxygen atoms in total. The van der Waals surface area contributed by atoms with Gasteiger partial charge >= 0.3 is 0 Å². The van der Waals surface area contributed by atoms with Gasteiger partial charge in [0.2, 0.25) is 0 Å². The second-order valence-electron chi connectivity index (χ2n) is 5.82. The number of para-hydroxylation sites is 1. The van der Waals surface area contributed by atoms with Crippen LogP contribution in [0.25, 0.3) is 0 Å². The normalized spacial score (nSPS) is 28.5. The first kappa shape index (κ1) is 12.9. The summed E-state index contributed by atoms with van der Waals surface area (Å²) < 4.78 is 13.3. The van der Waals surface area contributed by atoms with Crippen molar-refractivity contribution in [2.75, 3.05) is 20.1 Å². The zero-order valence-electron chi connectivity index (χ0n) is 11.3. The number of benzene rings is 1. The lowest BCUT2D eigenvalue weighted by molar-refractivity contribution is 0.213. The molecule has 2 heterocycles. The van der Waals surface area contributed by atoms with Crippen molar-refractivity contribution < 1.29 is 9.50 Å². The Bertz CT molecular complexity index is 465. The zero-order chi connectivity index (χ0) is 13.4. The molecule has 1 aromatic carbocycles. The molecule has 4 heteroatoms. The third kappa shape index (κ3) is 2.47. The molecule has 0 aliphatic carbocycles. The van der Waals surface area contributed by atoms with Crippen LogP contribution in [0.5, 0.6) is 5.75 Å². The molecule has 2 aliphatic rings. The van der Waals surface area contributed by atoms with E-state index in [0.29, 0.717) is 24.2 Å². The maximum Gasteiger partial charge on any atom is 0.165 e. The Balaban J connectivity index is 1.72. The van der Waals surface area contributed by atoms with Crippen LogP contribution >= 0.6 is 0 Å². The van der Waals surface area contributed by atoms with Crippen LogP contribution in [0.3, 0.4) is 0 Å². The van der Waals surface area contributed by atoms with Gasteiger partial charge in [-0.15, -0.1) is 0 Å². The minimum absolute atomic E-state index is 0.190. The summed E-state index contributed by atoms with van der Waals surface area (Å²) in [6.45, 7) is 2.69. The molecule has 0 aromatic heterocycles. The van der Waals surface area contributed by atoms with E-state index in [-0.39, 0.29) is 5.75 Å². The van der Waals surface area contributed by atoms with E-state index in [9.17, 15) is 9.50 Å². The van der Waals surface area contributed by atoms with Gasteiger partial charge in [-0.3, -0.25) is 9.80 Å². The number of hydrogen-bond donors (Lipinski definition) is 1. The van der Waals surface area contributed by atoms with Gasteiger partial charge in [0.15, 0.2) is 11.6 Å². The van der Waals surface area contributed by atoms with E-state index in [1.54, 1.807) is 6.07 Å². The molecule has 104 valence electrons. The quantitative estimate of drug-likeness (QED) is 0.887. The summed E-state index contributed by atoms with van der Waals surface area (Å²) in [6.07, 6.45) is 3.73. The SMILES string of the molecule is CN1C2CCC1CN(Cc1cccc(F)c1O)CC2. The summed E-state index contributed by atoms with van der Waals surface area (Å²) in [4.78, 5) is 4.83.